The van der Waals surface area contributed by atoms with Gasteiger partial charge in [-0.15, -0.1) is 6.42 Å². The van der Waals surface area contributed by atoms with Gasteiger partial charge in [-0.25, -0.2) is 9.48 Å². The number of allylic oxidation sites excluding steroid dienone is 2. The van der Waals surface area contributed by atoms with Gasteiger partial charge in [0.25, 0.3) is 17.8 Å². The first kappa shape index (κ1) is 22.7. The molecule has 0 aliphatic carbocycles. The first-order valence-corrected chi connectivity index (χ1v) is 10.2. The molecule has 0 bridgehead atoms. The minimum atomic E-state index is -0.343. The van der Waals surface area contributed by atoms with E-state index in [1.54, 1.807) is 0 Å². The van der Waals surface area contributed by atoms with Crippen LogP contribution in [0.15, 0.2) is 38.0 Å². The summed E-state index contributed by atoms with van der Waals surface area (Å²) in [5.41, 5.74) is 18.6. The Morgan fingerprint density at radius 2 is 1.97 bits per heavy atom. The van der Waals surface area contributed by atoms with Crippen molar-refractivity contribution < 1.29 is 15.3 Å². The molecular formula is C21H35N7O+4. The zero-order valence-electron chi connectivity index (χ0n) is 17.6. The first-order valence-electron chi connectivity index (χ1n) is 10.2. The molecular weight excluding hydrogens is 366 g/mol. The van der Waals surface area contributed by atoms with Crippen molar-refractivity contribution in [1.82, 2.24) is 0 Å². The number of likely N-dealkylation sites (tertiary alicyclic amines) is 1. The van der Waals surface area contributed by atoms with Crippen LogP contribution in [0.1, 0.15) is 46.0 Å². The van der Waals surface area contributed by atoms with Crippen molar-refractivity contribution in [1.29, 1.82) is 0 Å². The maximum atomic E-state index is 8.57. The molecule has 0 saturated carbocycles. The van der Waals surface area contributed by atoms with Crippen LogP contribution in [0.2, 0.25) is 0 Å². The van der Waals surface area contributed by atoms with E-state index in [1.807, 2.05) is 26.3 Å². The lowest BCUT2D eigenvalue weighted by Crippen LogP contribution is -2.60. The molecule has 0 radical (unpaired) electrons. The lowest BCUT2D eigenvalue weighted by Gasteiger charge is -2.39. The summed E-state index contributed by atoms with van der Waals surface area (Å²) in [6, 6.07) is 0. The van der Waals surface area contributed by atoms with Crippen molar-refractivity contribution in [2.45, 2.75) is 52.2 Å². The van der Waals surface area contributed by atoms with Crippen LogP contribution in [0.3, 0.4) is 0 Å². The summed E-state index contributed by atoms with van der Waals surface area (Å²) < 4.78 is 0.651. The normalized spacial score (nSPS) is 20.3. The molecule has 0 amide bonds. The lowest BCUT2D eigenvalue weighted by atomic mass is 10.0. The van der Waals surface area contributed by atoms with Crippen molar-refractivity contribution in [3.05, 3.63) is 29.5 Å². The monoisotopic (exact) mass is 401 g/mol. The van der Waals surface area contributed by atoms with E-state index in [0.29, 0.717) is 28.7 Å². The third-order valence-corrected chi connectivity index (χ3v) is 5.59. The van der Waals surface area contributed by atoms with Crippen molar-refractivity contribution in [2.24, 2.45) is 26.4 Å². The summed E-state index contributed by atoms with van der Waals surface area (Å²) in [5, 5.41) is 8.57. The number of amidine groups is 2. The highest BCUT2D eigenvalue weighted by Gasteiger charge is 2.43. The van der Waals surface area contributed by atoms with Crippen molar-refractivity contribution >= 4 is 17.6 Å². The van der Waals surface area contributed by atoms with E-state index in [2.05, 4.69) is 26.6 Å². The van der Waals surface area contributed by atoms with Gasteiger partial charge in [0.15, 0.2) is 13.0 Å². The number of aliphatic imine (C=N–C) groups is 3. The molecule has 2 heterocycles. The number of piperidine rings is 1. The van der Waals surface area contributed by atoms with Crippen LogP contribution in [0, 0.1) is 18.8 Å². The molecule has 9 N–H and O–H groups in total. The molecule has 0 aromatic heterocycles. The number of nitrogens with zero attached hydrogens (tertiary/aromatic N) is 4. The van der Waals surface area contributed by atoms with E-state index >= 15 is 0 Å². The Balaban J connectivity index is 2.23. The van der Waals surface area contributed by atoms with Gasteiger partial charge in [-0.1, -0.05) is 18.9 Å². The van der Waals surface area contributed by atoms with E-state index in [0.717, 1.165) is 38.0 Å². The molecule has 1 atom stereocenters. The largest absolute Gasteiger partial charge is 0.398 e. The molecule has 2 aliphatic heterocycles. The minimum absolute atomic E-state index is 0.256. The number of terminal acetylenes is 1. The molecule has 29 heavy (non-hydrogen) atoms. The Bertz CT molecular complexity index is 768. The fourth-order valence-corrected chi connectivity index (χ4v) is 3.80. The van der Waals surface area contributed by atoms with E-state index < -0.39 is 0 Å². The summed E-state index contributed by atoms with van der Waals surface area (Å²) in [4.78, 5) is 13.0. The van der Waals surface area contributed by atoms with Crippen LogP contribution in [0.5, 0.6) is 0 Å². The first-order chi connectivity index (χ1) is 13.9. The lowest BCUT2D eigenvalue weighted by molar-refractivity contribution is -0.971. The van der Waals surface area contributed by atoms with Gasteiger partial charge in [-0.2, -0.15) is 9.98 Å². The number of rotatable bonds is 7. The smallest absolute Gasteiger partial charge is 0.301 e. The molecule has 156 valence electrons. The Kier molecular flexibility index (Phi) is 8.02. The van der Waals surface area contributed by atoms with Gasteiger partial charge in [0.1, 0.15) is 6.42 Å². The van der Waals surface area contributed by atoms with Crippen LogP contribution in [0.4, 0.5) is 0 Å². The zero-order valence-corrected chi connectivity index (χ0v) is 17.6. The highest BCUT2D eigenvalue weighted by Crippen LogP contribution is 2.25. The minimum Gasteiger partial charge on any atom is -0.398 e. The molecule has 1 saturated heterocycles. The number of quaternary nitrogens is 2. The van der Waals surface area contributed by atoms with E-state index in [4.69, 9.17) is 23.0 Å². The molecule has 2 rings (SSSR count). The molecule has 8 nitrogen and oxygen atoms in total. The van der Waals surface area contributed by atoms with Gasteiger partial charge in [0.2, 0.25) is 11.7 Å². The zero-order chi connectivity index (χ0) is 21.4. The highest BCUT2D eigenvalue weighted by molar-refractivity contribution is 6.29. The predicted octanol–water partition coefficient (Wildman–Crippen LogP) is 0.159. The second-order valence-electron chi connectivity index (χ2n) is 7.48. The van der Waals surface area contributed by atoms with Crippen LogP contribution in [0.25, 0.3) is 0 Å². The molecule has 0 spiro atoms. The topological polar surface area (TPSA) is 140 Å². The average Bonchev–Trinajstić information content (AvgIpc) is 2.71. The van der Waals surface area contributed by atoms with Crippen LogP contribution in [-0.2, 0) is 0 Å². The van der Waals surface area contributed by atoms with Gasteiger partial charge < -0.3 is 16.6 Å². The summed E-state index contributed by atoms with van der Waals surface area (Å²) in [6.45, 7) is 6.48. The molecule has 8 heteroatoms. The summed E-state index contributed by atoms with van der Waals surface area (Å²) in [7, 11) is 0. The molecule has 1 unspecified atom stereocenters. The number of guanidine groups is 1. The number of nitrogens with two attached hydrogens (primary N) is 2. The van der Waals surface area contributed by atoms with Gasteiger partial charge in [0.05, 0.1) is 13.1 Å². The fraction of sp³-hybridized carbons (Fsp3) is 0.524. The summed E-state index contributed by atoms with van der Waals surface area (Å²) in [6.07, 6.45) is 13.7. The van der Waals surface area contributed by atoms with E-state index in [-0.39, 0.29) is 23.9 Å². The third-order valence-electron chi connectivity index (χ3n) is 5.59. The van der Waals surface area contributed by atoms with Gasteiger partial charge in [-0.05, 0) is 32.6 Å². The maximum Gasteiger partial charge on any atom is 0.301 e. The molecule has 2 aliphatic rings. The molecule has 1 fully saturated rings. The van der Waals surface area contributed by atoms with Crippen LogP contribution < -0.4 is 17.2 Å². The van der Waals surface area contributed by atoms with Crippen molar-refractivity contribution in [2.75, 3.05) is 19.6 Å². The molecule has 0 aromatic carbocycles. The van der Waals surface area contributed by atoms with Gasteiger partial charge >= 0.3 is 5.70 Å². The van der Waals surface area contributed by atoms with Crippen LogP contribution in [-0.4, -0.2) is 53.1 Å². The maximum absolute atomic E-state index is 8.57. The van der Waals surface area contributed by atoms with E-state index in [1.165, 1.54) is 6.42 Å². The second-order valence-corrected chi connectivity index (χ2v) is 7.48. The van der Waals surface area contributed by atoms with Gasteiger partial charge in [-0.3, -0.25) is 5.73 Å². The molecule has 0 aromatic rings. The quantitative estimate of drug-likeness (QED) is 0.242. The standard InChI is InChI=1S/C21H33N7O/c1-4-10-17(29)28(12-8-7-9-13-28)14-11-16(22)18-19(23)26-21(27-20(18)24)25-15(5-2)6-3/h1,5,11,17,29H,6-10,12-14,22H2,2-3H3,(H4,23,24,25,26,27)/q+2/p+2. The Labute approximate surface area is 173 Å². The highest BCUT2D eigenvalue weighted by atomic mass is 16.3. The summed E-state index contributed by atoms with van der Waals surface area (Å²) in [5.74, 6) is 3.43. The number of hydrogen-bond donors (Lipinski definition) is 3. The third kappa shape index (κ3) is 5.48. The van der Waals surface area contributed by atoms with Crippen molar-refractivity contribution in [3.8, 4) is 12.3 Å². The van der Waals surface area contributed by atoms with Crippen molar-refractivity contribution in [3.63, 3.8) is 0 Å². The Morgan fingerprint density at radius 3 is 2.48 bits per heavy atom. The SMILES string of the molecule is C#CCC([OH2+])[N+]1(C[CH+]C([NH3+])=C2C(N)=NC(=NC(=CC)CC)N=C2N)CCCCC1. The fourth-order valence-electron chi connectivity index (χ4n) is 3.80. The second kappa shape index (κ2) is 10.3. The number of hydrogen-bond acceptors (Lipinski definition) is 3. The Morgan fingerprint density at radius 1 is 1.34 bits per heavy atom. The van der Waals surface area contributed by atoms with Gasteiger partial charge in [0, 0.05) is 5.70 Å². The average molecular weight is 402 g/mol. The van der Waals surface area contributed by atoms with Crippen LogP contribution >= 0.6 is 0 Å². The Hall–Kier alpha value is -2.60. The van der Waals surface area contributed by atoms with E-state index in [9.17, 15) is 0 Å². The summed E-state index contributed by atoms with van der Waals surface area (Å²) >= 11 is 0. The predicted molar refractivity (Wildman–Crippen MR) is 119 cm³/mol.